The number of amides is 1. The van der Waals surface area contributed by atoms with Crippen molar-refractivity contribution in [1.29, 1.82) is 0 Å². The van der Waals surface area contributed by atoms with E-state index in [0.717, 1.165) is 11.3 Å². The zero-order valence-electron chi connectivity index (χ0n) is 14.1. The van der Waals surface area contributed by atoms with Crippen molar-refractivity contribution in [3.8, 4) is 0 Å². The van der Waals surface area contributed by atoms with Gasteiger partial charge < -0.3 is 14.8 Å². The van der Waals surface area contributed by atoms with Crippen molar-refractivity contribution < 1.29 is 19.1 Å². The number of hydrogen-bond acceptors (Lipinski definition) is 5. The molecule has 1 aromatic carbocycles. The molecule has 0 bridgehead atoms. The van der Waals surface area contributed by atoms with E-state index >= 15 is 0 Å². The number of rotatable bonds is 7. The Balaban J connectivity index is 2.55. The van der Waals surface area contributed by atoms with Crippen LogP contribution in [-0.2, 0) is 20.0 Å². The molecule has 0 aliphatic carbocycles. The predicted octanol–water partition coefficient (Wildman–Crippen LogP) is 3.38. The fourth-order valence-corrected chi connectivity index (χ4v) is 2.73. The number of ether oxygens (including phenoxy) is 2. The number of thioether (sulfide) groups is 1. The fraction of sp³-hybridized carbons (Fsp3) is 0.529. The molecular weight excluding hydrogens is 314 g/mol. The Bertz CT molecular complexity index is 499. The quantitative estimate of drug-likeness (QED) is 0.772. The van der Waals surface area contributed by atoms with Gasteiger partial charge >= 0.3 is 12.1 Å². The van der Waals surface area contributed by atoms with E-state index in [-0.39, 0.29) is 6.61 Å². The third-order valence-corrected chi connectivity index (χ3v) is 3.76. The molecule has 23 heavy (non-hydrogen) atoms. The molecule has 0 radical (unpaired) electrons. The van der Waals surface area contributed by atoms with Crippen LogP contribution in [0, 0.1) is 0 Å². The van der Waals surface area contributed by atoms with Crippen LogP contribution in [0.4, 0.5) is 4.79 Å². The van der Waals surface area contributed by atoms with Crippen molar-refractivity contribution in [2.24, 2.45) is 0 Å². The second-order valence-electron chi connectivity index (χ2n) is 5.95. The molecule has 0 aromatic heterocycles. The maximum absolute atomic E-state index is 12.0. The van der Waals surface area contributed by atoms with Crippen LogP contribution in [0.2, 0.25) is 0 Å². The van der Waals surface area contributed by atoms with Crippen LogP contribution in [0.3, 0.4) is 0 Å². The molecule has 1 atom stereocenters. The Hall–Kier alpha value is -1.69. The lowest BCUT2D eigenvalue weighted by Gasteiger charge is -2.22. The average Bonchev–Trinajstić information content (AvgIpc) is 2.45. The normalized spacial score (nSPS) is 12.3. The lowest BCUT2D eigenvalue weighted by molar-refractivity contribution is -0.145. The van der Waals surface area contributed by atoms with Gasteiger partial charge in [-0.3, -0.25) is 0 Å². The van der Waals surface area contributed by atoms with E-state index in [1.807, 2.05) is 30.3 Å². The van der Waals surface area contributed by atoms with Gasteiger partial charge in [-0.25, -0.2) is 9.59 Å². The topological polar surface area (TPSA) is 64.6 Å². The van der Waals surface area contributed by atoms with E-state index in [1.165, 1.54) is 0 Å². The molecular formula is C17H25NO4S. The molecule has 0 spiro atoms. The van der Waals surface area contributed by atoms with E-state index in [4.69, 9.17) is 9.47 Å². The zero-order chi connectivity index (χ0) is 17.3. The minimum absolute atomic E-state index is 0.273. The maximum Gasteiger partial charge on any atom is 0.408 e. The van der Waals surface area contributed by atoms with Gasteiger partial charge in [-0.2, -0.15) is 11.8 Å². The average molecular weight is 339 g/mol. The number of carbonyl (C=O) groups is 2. The van der Waals surface area contributed by atoms with Crippen LogP contribution in [0.25, 0.3) is 0 Å². The number of carbonyl (C=O) groups excluding carboxylic acids is 2. The molecule has 128 valence electrons. The molecule has 0 unspecified atom stereocenters. The highest BCUT2D eigenvalue weighted by atomic mass is 32.2. The standard InChI is InChI=1S/C17H25NO4S/c1-5-21-15(19)14(18-16(20)22-17(2,3)4)12-23-11-13-9-7-6-8-10-13/h6-10,14H,5,11-12H2,1-4H3,(H,18,20)/t14-/m1/s1. The number of hydrogen-bond donors (Lipinski definition) is 1. The van der Waals surface area contributed by atoms with Crippen molar-refractivity contribution >= 4 is 23.8 Å². The smallest absolute Gasteiger partial charge is 0.408 e. The predicted molar refractivity (Wildman–Crippen MR) is 92.4 cm³/mol. The maximum atomic E-state index is 12.0. The van der Waals surface area contributed by atoms with Crippen molar-refractivity contribution in [3.05, 3.63) is 35.9 Å². The highest BCUT2D eigenvalue weighted by molar-refractivity contribution is 7.98. The lowest BCUT2D eigenvalue weighted by atomic mass is 10.2. The first kappa shape index (κ1) is 19.4. The highest BCUT2D eigenvalue weighted by Crippen LogP contribution is 2.14. The van der Waals surface area contributed by atoms with Gasteiger partial charge in [0.25, 0.3) is 0 Å². The van der Waals surface area contributed by atoms with Crippen molar-refractivity contribution in [2.45, 2.75) is 45.1 Å². The summed E-state index contributed by atoms with van der Waals surface area (Å²) in [5.41, 5.74) is 0.554. The summed E-state index contributed by atoms with van der Waals surface area (Å²) in [6, 6.07) is 9.22. The first-order valence-electron chi connectivity index (χ1n) is 7.59. The summed E-state index contributed by atoms with van der Waals surface area (Å²) in [7, 11) is 0. The molecule has 1 aromatic rings. The summed E-state index contributed by atoms with van der Waals surface area (Å²) in [5, 5.41) is 2.59. The van der Waals surface area contributed by atoms with Crippen LogP contribution < -0.4 is 5.32 Å². The van der Waals surface area contributed by atoms with Gasteiger partial charge in [0.1, 0.15) is 11.6 Å². The van der Waals surface area contributed by atoms with Crippen LogP contribution >= 0.6 is 11.8 Å². The Morgan fingerprint density at radius 1 is 1.22 bits per heavy atom. The van der Waals surface area contributed by atoms with E-state index in [0.29, 0.717) is 5.75 Å². The first-order chi connectivity index (χ1) is 10.8. The van der Waals surface area contributed by atoms with Gasteiger partial charge in [-0.1, -0.05) is 30.3 Å². The molecule has 1 amide bonds. The molecule has 1 N–H and O–H groups in total. The summed E-state index contributed by atoms with van der Waals surface area (Å²) >= 11 is 1.56. The fourth-order valence-electron chi connectivity index (χ4n) is 1.73. The van der Waals surface area contributed by atoms with E-state index < -0.39 is 23.7 Å². The number of alkyl carbamates (subject to hydrolysis) is 1. The third kappa shape index (κ3) is 8.50. The van der Waals surface area contributed by atoms with Crippen LogP contribution in [0.1, 0.15) is 33.3 Å². The molecule has 0 fully saturated rings. The molecule has 0 aliphatic rings. The Morgan fingerprint density at radius 3 is 2.43 bits per heavy atom. The number of benzene rings is 1. The largest absolute Gasteiger partial charge is 0.464 e. The van der Waals surface area contributed by atoms with Crippen LogP contribution in [0.5, 0.6) is 0 Å². The SMILES string of the molecule is CCOC(=O)[C@@H](CSCc1ccccc1)NC(=O)OC(C)(C)C. The summed E-state index contributed by atoms with van der Waals surface area (Å²) in [6.07, 6.45) is -0.615. The summed E-state index contributed by atoms with van der Waals surface area (Å²) in [4.78, 5) is 23.8. The Labute approximate surface area is 142 Å². The summed E-state index contributed by atoms with van der Waals surface area (Å²) in [5.74, 6) is 0.735. The minimum Gasteiger partial charge on any atom is -0.464 e. The number of nitrogens with one attached hydrogen (secondary N) is 1. The van der Waals surface area contributed by atoms with Gasteiger partial charge in [-0.15, -0.1) is 0 Å². The van der Waals surface area contributed by atoms with Gasteiger partial charge in [0, 0.05) is 11.5 Å². The van der Waals surface area contributed by atoms with Crippen LogP contribution in [-0.4, -0.2) is 36.1 Å². The molecule has 0 saturated heterocycles. The van der Waals surface area contributed by atoms with Crippen molar-refractivity contribution in [3.63, 3.8) is 0 Å². The monoisotopic (exact) mass is 339 g/mol. The molecule has 1 rings (SSSR count). The van der Waals surface area contributed by atoms with Crippen molar-refractivity contribution in [1.82, 2.24) is 5.32 Å². The Kier molecular flexibility index (Phi) is 7.95. The van der Waals surface area contributed by atoms with E-state index in [2.05, 4.69) is 5.32 Å². The molecule has 0 aliphatic heterocycles. The van der Waals surface area contributed by atoms with Crippen molar-refractivity contribution in [2.75, 3.05) is 12.4 Å². The van der Waals surface area contributed by atoms with E-state index in [9.17, 15) is 9.59 Å². The first-order valence-corrected chi connectivity index (χ1v) is 8.75. The number of esters is 1. The molecule has 6 heteroatoms. The van der Waals surface area contributed by atoms with Gasteiger partial charge in [-0.05, 0) is 33.3 Å². The second-order valence-corrected chi connectivity index (χ2v) is 6.98. The lowest BCUT2D eigenvalue weighted by Crippen LogP contribution is -2.45. The summed E-state index contributed by atoms with van der Waals surface area (Å²) in [6.45, 7) is 7.33. The third-order valence-electron chi connectivity index (χ3n) is 2.66. The highest BCUT2D eigenvalue weighted by Gasteiger charge is 2.25. The minimum atomic E-state index is -0.724. The Morgan fingerprint density at radius 2 is 1.87 bits per heavy atom. The van der Waals surface area contributed by atoms with Gasteiger partial charge in [0.05, 0.1) is 6.61 Å². The molecule has 0 saturated carbocycles. The molecule has 5 nitrogen and oxygen atoms in total. The zero-order valence-corrected chi connectivity index (χ0v) is 14.9. The van der Waals surface area contributed by atoms with E-state index in [1.54, 1.807) is 39.5 Å². The van der Waals surface area contributed by atoms with Gasteiger partial charge in [0.15, 0.2) is 0 Å². The summed E-state index contributed by atoms with van der Waals surface area (Å²) < 4.78 is 10.2. The van der Waals surface area contributed by atoms with Crippen LogP contribution in [0.15, 0.2) is 30.3 Å². The second kappa shape index (κ2) is 9.45. The van der Waals surface area contributed by atoms with Gasteiger partial charge in [0.2, 0.25) is 0 Å². The molecule has 0 heterocycles.